The smallest absolute Gasteiger partial charge is 0.271 e. The summed E-state index contributed by atoms with van der Waals surface area (Å²) in [4.78, 5) is 11.8. The Balaban J connectivity index is 2.06. The summed E-state index contributed by atoms with van der Waals surface area (Å²) in [5.74, 6) is -0.222. The molecular weight excluding hydrogens is 276 g/mol. The molecule has 0 aliphatic heterocycles. The van der Waals surface area contributed by atoms with Gasteiger partial charge in [0.25, 0.3) is 5.91 Å². The molecule has 20 heavy (non-hydrogen) atoms. The van der Waals surface area contributed by atoms with Gasteiger partial charge in [-0.2, -0.15) is 5.10 Å². The molecule has 0 fully saturated rings. The number of aromatic hydroxyl groups is 1. The molecule has 5 heteroatoms. The van der Waals surface area contributed by atoms with Crippen LogP contribution in [0.15, 0.2) is 53.6 Å². The summed E-state index contributed by atoms with van der Waals surface area (Å²) in [6.07, 6.45) is 0. The average Bonchev–Trinajstić information content (AvgIpc) is 2.46. The van der Waals surface area contributed by atoms with Crippen molar-refractivity contribution in [2.45, 2.75) is 6.92 Å². The molecule has 2 aromatic rings. The van der Waals surface area contributed by atoms with Crippen LogP contribution in [0, 0.1) is 0 Å². The van der Waals surface area contributed by atoms with Crippen molar-refractivity contribution < 1.29 is 9.90 Å². The van der Waals surface area contributed by atoms with Crippen LogP contribution in [0.25, 0.3) is 0 Å². The van der Waals surface area contributed by atoms with E-state index >= 15 is 0 Å². The number of nitrogens with one attached hydrogen (secondary N) is 1. The fourth-order valence-electron chi connectivity index (χ4n) is 1.57. The number of halogens is 1. The number of hydrogen-bond donors (Lipinski definition) is 2. The molecule has 0 bridgehead atoms. The lowest BCUT2D eigenvalue weighted by molar-refractivity contribution is 0.0955. The van der Waals surface area contributed by atoms with Gasteiger partial charge in [0.05, 0.1) is 5.71 Å². The van der Waals surface area contributed by atoms with Crippen molar-refractivity contribution in [3.05, 3.63) is 64.7 Å². The first-order chi connectivity index (χ1) is 9.56. The molecule has 0 aliphatic rings. The van der Waals surface area contributed by atoms with E-state index in [2.05, 4.69) is 10.5 Å². The minimum Gasteiger partial charge on any atom is -0.508 e. The number of phenols is 1. The molecule has 0 saturated carbocycles. The number of benzene rings is 2. The molecular formula is C15H13ClN2O2. The quantitative estimate of drug-likeness (QED) is 0.673. The second-order valence-corrected chi connectivity index (χ2v) is 4.63. The van der Waals surface area contributed by atoms with Crippen LogP contribution in [0.5, 0.6) is 5.75 Å². The van der Waals surface area contributed by atoms with Gasteiger partial charge in [-0.15, -0.1) is 0 Å². The molecule has 2 aromatic carbocycles. The predicted molar refractivity (Wildman–Crippen MR) is 79.2 cm³/mol. The zero-order chi connectivity index (χ0) is 14.5. The number of amides is 1. The van der Waals surface area contributed by atoms with Gasteiger partial charge in [0.2, 0.25) is 0 Å². The Kier molecular flexibility index (Phi) is 4.38. The lowest BCUT2D eigenvalue weighted by Gasteiger charge is -2.03. The van der Waals surface area contributed by atoms with E-state index in [1.54, 1.807) is 19.1 Å². The second kappa shape index (κ2) is 6.21. The first-order valence-corrected chi connectivity index (χ1v) is 6.33. The van der Waals surface area contributed by atoms with Crippen LogP contribution >= 0.6 is 11.6 Å². The third kappa shape index (κ3) is 3.59. The van der Waals surface area contributed by atoms with Gasteiger partial charge in [0.1, 0.15) is 5.75 Å². The van der Waals surface area contributed by atoms with Crippen LogP contribution in [-0.2, 0) is 0 Å². The molecule has 102 valence electrons. The summed E-state index contributed by atoms with van der Waals surface area (Å²) < 4.78 is 0. The Morgan fingerprint density at radius 2 is 1.60 bits per heavy atom. The van der Waals surface area contributed by atoms with E-state index in [9.17, 15) is 4.79 Å². The van der Waals surface area contributed by atoms with Crippen molar-refractivity contribution >= 4 is 23.2 Å². The van der Waals surface area contributed by atoms with Gasteiger partial charge in [-0.1, -0.05) is 23.7 Å². The fourth-order valence-corrected chi connectivity index (χ4v) is 1.69. The SMILES string of the molecule is C/C(=N\NC(=O)c1ccc(O)cc1)c1ccc(Cl)cc1. The second-order valence-electron chi connectivity index (χ2n) is 4.19. The molecule has 2 N–H and O–H groups in total. The van der Waals surface area contributed by atoms with Crippen LogP contribution in [-0.4, -0.2) is 16.7 Å². The van der Waals surface area contributed by atoms with Gasteiger partial charge in [0.15, 0.2) is 0 Å². The summed E-state index contributed by atoms with van der Waals surface area (Å²) in [5.41, 5.74) is 4.44. The zero-order valence-corrected chi connectivity index (χ0v) is 11.6. The summed E-state index contributed by atoms with van der Waals surface area (Å²) in [7, 11) is 0. The number of carbonyl (C=O) groups excluding carboxylic acids is 1. The molecule has 0 unspecified atom stereocenters. The molecule has 0 aromatic heterocycles. The van der Waals surface area contributed by atoms with Crippen LogP contribution < -0.4 is 5.43 Å². The summed E-state index contributed by atoms with van der Waals surface area (Å²) in [6, 6.07) is 13.1. The van der Waals surface area contributed by atoms with E-state index in [-0.39, 0.29) is 11.7 Å². The highest BCUT2D eigenvalue weighted by Gasteiger charge is 2.04. The van der Waals surface area contributed by atoms with Crippen LogP contribution in [0.3, 0.4) is 0 Å². The highest BCUT2D eigenvalue weighted by Crippen LogP contribution is 2.11. The number of phenolic OH excluding ortho intramolecular Hbond substituents is 1. The summed E-state index contributed by atoms with van der Waals surface area (Å²) in [5, 5.41) is 13.8. The molecule has 0 aliphatic carbocycles. The lowest BCUT2D eigenvalue weighted by atomic mass is 10.1. The van der Waals surface area contributed by atoms with Crippen molar-refractivity contribution in [2.24, 2.45) is 5.10 Å². The molecule has 0 atom stereocenters. The third-order valence-corrected chi connectivity index (χ3v) is 2.97. The Labute approximate surface area is 121 Å². The number of hydrogen-bond acceptors (Lipinski definition) is 3. The highest BCUT2D eigenvalue weighted by atomic mass is 35.5. The molecule has 2 rings (SSSR count). The van der Waals surface area contributed by atoms with E-state index in [1.807, 2.05) is 12.1 Å². The van der Waals surface area contributed by atoms with E-state index in [0.717, 1.165) is 5.56 Å². The normalized spacial score (nSPS) is 11.2. The molecule has 0 heterocycles. The Morgan fingerprint density at radius 3 is 2.20 bits per heavy atom. The molecule has 0 radical (unpaired) electrons. The first kappa shape index (κ1) is 14.1. The Hall–Kier alpha value is -2.33. The maximum absolute atomic E-state index is 11.8. The molecule has 1 amide bonds. The minimum atomic E-state index is -0.335. The van der Waals surface area contributed by atoms with Crippen LogP contribution in [0.2, 0.25) is 5.02 Å². The standard InChI is InChI=1S/C15H13ClN2O2/c1-10(11-2-6-13(16)7-3-11)17-18-15(20)12-4-8-14(19)9-5-12/h2-9,19H,1H3,(H,18,20)/b17-10+. The van der Waals surface area contributed by atoms with Crippen molar-refractivity contribution in [3.8, 4) is 5.75 Å². The van der Waals surface area contributed by atoms with Gasteiger partial charge >= 0.3 is 0 Å². The van der Waals surface area contributed by atoms with Crippen molar-refractivity contribution in [1.82, 2.24) is 5.43 Å². The van der Waals surface area contributed by atoms with Gasteiger partial charge in [-0.25, -0.2) is 5.43 Å². The molecule has 0 saturated heterocycles. The maximum atomic E-state index is 11.8. The highest BCUT2D eigenvalue weighted by molar-refractivity contribution is 6.30. The lowest BCUT2D eigenvalue weighted by Crippen LogP contribution is -2.19. The van der Waals surface area contributed by atoms with Crippen LogP contribution in [0.1, 0.15) is 22.8 Å². The third-order valence-electron chi connectivity index (χ3n) is 2.72. The maximum Gasteiger partial charge on any atom is 0.271 e. The Bertz CT molecular complexity index is 634. The van der Waals surface area contributed by atoms with Crippen LogP contribution in [0.4, 0.5) is 0 Å². The van der Waals surface area contributed by atoms with Gasteiger partial charge in [-0.05, 0) is 48.9 Å². The monoisotopic (exact) mass is 288 g/mol. The number of hydrazone groups is 1. The largest absolute Gasteiger partial charge is 0.508 e. The Morgan fingerprint density at radius 1 is 1.05 bits per heavy atom. The van der Waals surface area contributed by atoms with Crippen molar-refractivity contribution in [2.75, 3.05) is 0 Å². The van der Waals surface area contributed by atoms with Gasteiger partial charge < -0.3 is 5.11 Å². The number of nitrogens with zero attached hydrogens (tertiary/aromatic N) is 1. The van der Waals surface area contributed by atoms with Gasteiger partial charge in [0, 0.05) is 10.6 Å². The van der Waals surface area contributed by atoms with E-state index < -0.39 is 0 Å². The molecule has 4 nitrogen and oxygen atoms in total. The summed E-state index contributed by atoms with van der Waals surface area (Å²) in [6.45, 7) is 1.79. The van der Waals surface area contributed by atoms with E-state index in [1.165, 1.54) is 24.3 Å². The average molecular weight is 289 g/mol. The zero-order valence-electron chi connectivity index (χ0n) is 10.8. The topological polar surface area (TPSA) is 61.7 Å². The van der Waals surface area contributed by atoms with Crippen molar-refractivity contribution in [3.63, 3.8) is 0 Å². The van der Waals surface area contributed by atoms with E-state index in [4.69, 9.17) is 16.7 Å². The number of carbonyl (C=O) groups is 1. The fraction of sp³-hybridized carbons (Fsp3) is 0.0667. The van der Waals surface area contributed by atoms with Gasteiger partial charge in [-0.3, -0.25) is 4.79 Å². The predicted octanol–water partition coefficient (Wildman–Crippen LogP) is 3.20. The first-order valence-electron chi connectivity index (χ1n) is 5.96. The summed E-state index contributed by atoms with van der Waals surface area (Å²) >= 11 is 5.81. The van der Waals surface area contributed by atoms with Crippen molar-refractivity contribution in [1.29, 1.82) is 0 Å². The molecule has 0 spiro atoms. The van der Waals surface area contributed by atoms with E-state index in [0.29, 0.717) is 16.3 Å². The minimum absolute atomic E-state index is 0.113. The number of rotatable bonds is 3.